The summed E-state index contributed by atoms with van der Waals surface area (Å²) >= 11 is 0. The topological polar surface area (TPSA) is 69.6 Å². The lowest BCUT2D eigenvalue weighted by atomic mass is 9.74. The molecule has 5 heteroatoms. The first kappa shape index (κ1) is 14.3. The first-order valence-corrected chi connectivity index (χ1v) is 7.14. The van der Waals surface area contributed by atoms with E-state index in [1.54, 1.807) is 0 Å². The number of hydrogen-bond donors (Lipinski definition) is 2. The zero-order chi connectivity index (χ0) is 14.0. The molecule has 5 nitrogen and oxygen atoms in total. The van der Waals surface area contributed by atoms with E-state index >= 15 is 0 Å². The van der Waals surface area contributed by atoms with Crippen LogP contribution in [-0.4, -0.2) is 47.1 Å². The van der Waals surface area contributed by atoms with Gasteiger partial charge in [0, 0.05) is 19.1 Å². The molecule has 108 valence electrons. The van der Waals surface area contributed by atoms with Gasteiger partial charge < -0.3 is 10.4 Å². The number of carboxylic acids is 1. The van der Waals surface area contributed by atoms with Crippen molar-refractivity contribution in [3.05, 3.63) is 0 Å². The molecule has 1 aliphatic carbocycles. The second-order valence-electron chi connectivity index (χ2n) is 6.56. The molecule has 1 aliphatic heterocycles. The minimum absolute atomic E-state index is 0.0945. The number of piperazine rings is 1. The van der Waals surface area contributed by atoms with Gasteiger partial charge in [0.25, 0.3) is 0 Å². The van der Waals surface area contributed by atoms with Crippen LogP contribution in [0.2, 0.25) is 0 Å². The fraction of sp³-hybridized carbons (Fsp3) is 0.857. The number of carbonyl (C=O) groups excluding carboxylic acids is 1. The fourth-order valence-electron chi connectivity index (χ4n) is 3.49. The van der Waals surface area contributed by atoms with Crippen molar-refractivity contribution in [1.29, 1.82) is 0 Å². The summed E-state index contributed by atoms with van der Waals surface area (Å²) in [5.74, 6) is -1.03. The molecule has 2 atom stereocenters. The van der Waals surface area contributed by atoms with Gasteiger partial charge in [-0.2, -0.15) is 0 Å². The Morgan fingerprint density at radius 1 is 1.53 bits per heavy atom. The van der Waals surface area contributed by atoms with Crippen molar-refractivity contribution in [1.82, 2.24) is 10.2 Å². The summed E-state index contributed by atoms with van der Waals surface area (Å²) in [5.41, 5.74) is 0.296. The van der Waals surface area contributed by atoms with E-state index in [0.717, 1.165) is 25.8 Å². The van der Waals surface area contributed by atoms with E-state index in [-0.39, 0.29) is 12.3 Å². The van der Waals surface area contributed by atoms with E-state index in [1.165, 1.54) is 6.42 Å². The zero-order valence-corrected chi connectivity index (χ0v) is 11.8. The molecule has 0 bridgehead atoms. The third-order valence-corrected chi connectivity index (χ3v) is 4.39. The van der Waals surface area contributed by atoms with Gasteiger partial charge in [-0.25, -0.2) is 0 Å². The number of amides is 1. The second kappa shape index (κ2) is 5.49. The summed E-state index contributed by atoms with van der Waals surface area (Å²) in [7, 11) is 0. The molecule has 0 aromatic rings. The average molecular weight is 268 g/mol. The second-order valence-corrected chi connectivity index (χ2v) is 6.56. The predicted octanol–water partition coefficient (Wildman–Crippen LogP) is 1.23. The molecule has 0 radical (unpaired) electrons. The van der Waals surface area contributed by atoms with Crippen LogP contribution in [0.3, 0.4) is 0 Å². The molecule has 1 heterocycles. The highest BCUT2D eigenvalue weighted by Gasteiger charge is 2.39. The van der Waals surface area contributed by atoms with Crippen LogP contribution in [0, 0.1) is 5.41 Å². The van der Waals surface area contributed by atoms with Gasteiger partial charge in [-0.1, -0.05) is 20.3 Å². The maximum Gasteiger partial charge on any atom is 0.305 e. The molecule has 1 saturated heterocycles. The van der Waals surface area contributed by atoms with Crippen LogP contribution in [0.15, 0.2) is 0 Å². The quantitative estimate of drug-likeness (QED) is 0.807. The fourth-order valence-corrected chi connectivity index (χ4v) is 3.49. The number of carbonyl (C=O) groups is 2. The van der Waals surface area contributed by atoms with Crippen molar-refractivity contribution in [3.8, 4) is 0 Å². The van der Waals surface area contributed by atoms with Gasteiger partial charge in [-0.3, -0.25) is 14.5 Å². The van der Waals surface area contributed by atoms with Crippen LogP contribution in [-0.2, 0) is 9.59 Å². The maximum absolute atomic E-state index is 11.9. The van der Waals surface area contributed by atoms with Gasteiger partial charge in [0.2, 0.25) is 5.91 Å². The number of nitrogens with zero attached hydrogens (tertiary/aromatic N) is 1. The Morgan fingerprint density at radius 2 is 2.26 bits per heavy atom. The molecule has 2 rings (SSSR count). The van der Waals surface area contributed by atoms with E-state index in [1.807, 2.05) is 0 Å². The molecule has 2 fully saturated rings. The van der Waals surface area contributed by atoms with Gasteiger partial charge in [-0.15, -0.1) is 0 Å². The standard InChI is InChI=1S/C14H24N2O3/c1-14(2)5-3-4-10(9-14)16-7-6-15-13(19)11(16)8-12(17)18/h10-11H,3-9H2,1-2H3,(H,15,19)(H,17,18). The first-order chi connectivity index (χ1) is 8.89. The van der Waals surface area contributed by atoms with Crippen LogP contribution in [0.5, 0.6) is 0 Å². The summed E-state index contributed by atoms with van der Waals surface area (Å²) < 4.78 is 0. The molecule has 0 aromatic heterocycles. The number of hydrogen-bond acceptors (Lipinski definition) is 3. The van der Waals surface area contributed by atoms with E-state index in [0.29, 0.717) is 18.0 Å². The lowest BCUT2D eigenvalue weighted by molar-refractivity contribution is -0.144. The van der Waals surface area contributed by atoms with Crippen LogP contribution in [0.25, 0.3) is 0 Å². The Kier molecular flexibility index (Phi) is 4.13. The third kappa shape index (κ3) is 3.47. The number of nitrogens with one attached hydrogen (secondary N) is 1. The minimum Gasteiger partial charge on any atom is -0.481 e. The molecular weight excluding hydrogens is 244 g/mol. The van der Waals surface area contributed by atoms with E-state index in [9.17, 15) is 9.59 Å². The summed E-state index contributed by atoms with van der Waals surface area (Å²) in [5, 5.41) is 11.8. The molecular formula is C14H24N2O3. The first-order valence-electron chi connectivity index (χ1n) is 7.14. The van der Waals surface area contributed by atoms with Gasteiger partial charge in [0.15, 0.2) is 0 Å². The summed E-state index contributed by atoms with van der Waals surface area (Å²) in [6.07, 6.45) is 4.41. The molecule has 0 aromatic carbocycles. The Balaban J connectivity index is 2.10. The predicted molar refractivity (Wildman–Crippen MR) is 71.8 cm³/mol. The monoisotopic (exact) mass is 268 g/mol. The molecule has 1 saturated carbocycles. The smallest absolute Gasteiger partial charge is 0.305 e. The summed E-state index contributed by atoms with van der Waals surface area (Å²) in [4.78, 5) is 25.0. The molecule has 2 N–H and O–H groups in total. The number of rotatable bonds is 3. The molecule has 2 aliphatic rings. The zero-order valence-electron chi connectivity index (χ0n) is 11.8. The highest BCUT2D eigenvalue weighted by molar-refractivity contribution is 5.86. The highest BCUT2D eigenvalue weighted by Crippen LogP contribution is 2.38. The Bertz CT molecular complexity index is 368. The Morgan fingerprint density at radius 3 is 2.89 bits per heavy atom. The van der Waals surface area contributed by atoms with Crippen LogP contribution in [0.1, 0.15) is 46.0 Å². The summed E-state index contributed by atoms with van der Waals surface area (Å²) in [6, 6.07) is -0.149. The van der Waals surface area contributed by atoms with Crippen molar-refractivity contribution in [3.63, 3.8) is 0 Å². The van der Waals surface area contributed by atoms with Gasteiger partial charge in [-0.05, 0) is 24.7 Å². The normalized spacial score (nSPS) is 31.8. The largest absolute Gasteiger partial charge is 0.481 e. The van der Waals surface area contributed by atoms with Gasteiger partial charge in [0.1, 0.15) is 0 Å². The number of aliphatic carboxylic acids is 1. The van der Waals surface area contributed by atoms with Crippen LogP contribution in [0.4, 0.5) is 0 Å². The van der Waals surface area contributed by atoms with Crippen molar-refractivity contribution in [2.24, 2.45) is 5.41 Å². The lowest BCUT2D eigenvalue weighted by Crippen LogP contribution is -2.60. The minimum atomic E-state index is -0.901. The Labute approximate surface area is 114 Å². The lowest BCUT2D eigenvalue weighted by Gasteiger charge is -2.45. The van der Waals surface area contributed by atoms with Crippen molar-refractivity contribution in [2.75, 3.05) is 13.1 Å². The van der Waals surface area contributed by atoms with Crippen LogP contribution < -0.4 is 5.32 Å². The highest BCUT2D eigenvalue weighted by atomic mass is 16.4. The van der Waals surface area contributed by atoms with Gasteiger partial charge >= 0.3 is 5.97 Å². The summed E-state index contributed by atoms with van der Waals surface area (Å²) in [6.45, 7) is 5.92. The molecule has 1 amide bonds. The average Bonchev–Trinajstić information content (AvgIpc) is 2.30. The SMILES string of the molecule is CC1(C)CCCC(N2CCNC(=O)C2CC(=O)O)C1. The van der Waals surface area contributed by atoms with Gasteiger partial charge in [0.05, 0.1) is 12.5 Å². The van der Waals surface area contributed by atoms with Crippen LogP contribution >= 0.6 is 0 Å². The number of carboxylic acid groups (broad SMARTS) is 1. The van der Waals surface area contributed by atoms with Crippen molar-refractivity contribution >= 4 is 11.9 Å². The Hall–Kier alpha value is -1.10. The molecule has 2 unspecified atom stereocenters. The van der Waals surface area contributed by atoms with E-state index < -0.39 is 12.0 Å². The van der Waals surface area contributed by atoms with E-state index in [2.05, 4.69) is 24.1 Å². The van der Waals surface area contributed by atoms with Crippen molar-refractivity contribution in [2.45, 2.75) is 58.0 Å². The van der Waals surface area contributed by atoms with Crippen molar-refractivity contribution < 1.29 is 14.7 Å². The molecule has 0 spiro atoms. The third-order valence-electron chi connectivity index (χ3n) is 4.39. The molecule has 19 heavy (non-hydrogen) atoms. The maximum atomic E-state index is 11.9. The van der Waals surface area contributed by atoms with E-state index in [4.69, 9.17) is 5.11 Å².